The summed E-state index contributed by atoms with van der Waals surface area (Å²) in [4.78, 5) is 15.8. The van der Waals surface area contributed by atoms with Gasteiger partial charge in [0.25, 0.3) is 0 Å². The first-order valence-electron chi connectivity index (χ1n) is 7.68. The quantitative estimate of drug-likeness (QED) is 0.656. The lowest BCUT2D eigenvalue weighted by atomic mass is 10.1. The zero-order valence-electron chi connectivity index (χ0n) is 12.5. The van der Waals surface area contributed by atoms with E-state index in [9.17, 15) is 0 Å². The van der Waals surface area contributed by atoms with Crippen LogP contribution in [0.2, 0.25) is 0 Å². The summed E-state index contributed by atoms with van der Waals surface area (Å²) in [6, 6.07) is 3.77. The summed E-state index contributed by atoms with van der Waals surface area (Å²) in [5.41, 5.74) is 1.40. The molecule has 112 valence electrons. The number of pyridine rings is 1. The molecule has 0 atom stereocenters. The fraction of sp³-hybridized carbons (Fsp3) is 0.353. The second-order valence-electron chi connectivity index (χ2n) is 5.61. The van der Waals surface area contributed by atoms with Crippen LogP contribution in [0.3, 0.4) is 0 Å². The molecule has 0 aliphatic heterocycles. The minimum Gasteiger partial charge on any atom is -0.437 e. The molecule has 3 aromatic heterocycles. The third kappa shape index (κ3) is 2.46. The maximum absolute atomic E-state index is 6.03. The SMILES string of the molecule is Cc1nc(Oc2cccnc2)c2c3c(sc2n1)CCCCC3. The first-order valence-corrected chi connectivity index (χ1v) is 8.49. The highest BCUT2D eigenvalue weighted by molar-refractivity contribution is 7.18. The first-order chi connectivity index (χ1) is 10.8. The van der Waals surface area contributed by atoms with Gasteiger partial charge >= 0.3 is 0 Å². The fourth-order valence-corrected chi connectivity index (χ4v) is 4.29. The van der Waals surface area contributed by atoms with Gasteiger partial charge in [0, 0.05) is 11.1 Å². The van der Waals surface area contributed by atoms with E-state index in [4.69, 9.17) is 4.74 Å². The van der Waals surface area contributed by atoms with E-state index in [0.29, 0.717) is 5.88 Å². The van der Waals surface area contributed by atoms with Crippen LogP contribution in [0.25, 0.3) is 10.2 Å². The van der Waals surface area contributed by atoms with E-state index in [1.54, 1.807) is 23.7 Å². The van der Waals surface area contributed by atoms with E-state index >= 15 is 0 Å². The van der Waals surface area contributed by atoms with Crippen molar-refractivity contribution in [2.24, 2.45) is 0 Å². The smallest absolute Gasteiger partial charge is 0.231 e. The monoisotopic (exact) mass is 311 g/mol. The molecular formula is C17H17N3OS. The molecule has 1 aliphatic carbocycles. The lowest BCUT2D eigenvalue weighted by Crippen LogP contribution is -1.96. The topological polar surface area (TPSA) is 47.9 Å². The third-order valence-electron chi connectivity index (χ3n) is 3.99. The lowest BCUT2D eigenvalue weighted by Gasteiger charge is -2.08. The van der Waals surface area contributed by atoms with Crippen LogP contribution < -0.4 is 4.74 Å². The zero-order valence-corrected chi connectivity index (χ0v) is 13.3. The Bertz CT molecular complexity index is 814. The highest BCUT2D eigenvalue weighted by atomic mass is 32.1. The van der Waals surface area contributed by atoms with Crippen molar-refractivity contribution in [1.29, 1.82) is 0 Å². The van der Waals surface area contributed by atoms with Crippen LogP contribution in [0.15, 0.2) is 24.5 Å². The molecule has 1 aliphatic rings. The number of hydrogen-bond donors (Lipinski definition) is 0. The molecule has 0 unspecified atom stereocenters. The lowest BCUT2D eigenvalue weighted by molar-refractivity contribution is 0.464. The molecule has 0 saturated carbocycles. The molecule has 0 radical (unpaired) electrons. The van der Waals surface area contributed by atoms with Crippen LogP contribution >= 0.6 is 11.3 Å². The summed E-state index contributed by atoms with van der Waals surface area (Å²) in [5.74, 6) is 2.15. The maximum Gasteiger partial charge on any atom is 0.231 e. The number of hydrogen-bond acceptors (Lipinski definition) is 5. The van der Waals surface area contributed by atoms with Crippen LogP contribution in [0.1, 0.15) is 35.5 Å². The van der Waals surface area contributed by atoms with Crippen molar-refractivity contribution in [3.8, 4) is 11.6 Å². The Morgan fingerprint density at radius 2 is 2.05 bits per heavy atom. The van der Waals surface area contributed by atoms with Gasteiger partial charge in [0.1, 0.15) is 16.4 Å². The minimum absolute atomic E-state index is 0.676. The Balaban J connectivity index is 1.87. The Hall–Kier alpha value is -2.01. The summed E-state index contributed by atoms with van der Waals surface area (Å²) in [6.45, 7) is 1.92. The Morgan fingerprint density at radius 1 is 1.14 bits per heavy atom. The highest BCUT2D eigenvalue weighted by Crippen LogP contribution is 2.39. The number of thiophene rings is 1. The van der Waals surface area contributed by atoms with Crippen LogP contribution in [0, 0.1) is 6.92 Å². The van der Waals surface area contributed by atoms with Crippen LogP contribution in [-0.2, 0) is 12.8 Å². The summed E-state index contributed by atoms with van der Waals surface area (Å²) in [7, 11) is 0. The summed E-state index contributed by atoms with van der Waals surface area (Å²) >= 11 is 1.81. The van der Waals surface area contributed by atoms with Gasteiger partial charge < -0.3 is 4.74 Å². The molecule has 22 heavy (non-hydrogen) atoms. The Morgan fingerprint density at radius 3 is 2.91 bits per heavy atom. The van der Waals surface area contributed by atoms with Crippen molar-refractivity contribution in [2.45, 2.75) is 39.0 Å². The van der Waals surface area contributed by atoms with Gasteiger partial charge in [-0.2, -0.15) is 4.98 Å². The van der Waals surface area contributed by atoms with Crippen molar-refractivity contribution in [3.63, 3.8) is 0 Å². The van der Waals surface area contributed by atoms with Crippen LogP contribution in [-0.4, -0.2) is 15.0 Å². The van der Waals surface area contributed by atoms with Crippen molar-refractivity contribution in [1.82, 2.24) is 15.0 Å². The van der Waals surface area contributed by atoms with Gasteiger partial charge in [0.2, 0.25) is 5.88 Å². The van der Waals surface area contributed by atoms with E-state index < -0.39 is 0 Å². The number of aryl methyl sites for hydroxylation is 3. The first kappa shape index (κ1) is 13.6. The van der Waals surface area contributed by atoms with Crippen LogP contribution in [0.5, 0.6) is 11.6 Å². The standard InChI is InChI=1S/C17H17N3OS/c1-11-19-16(21-12-6-5-9-18-10-12)15-13-7-3-2-4-8-14(13)22-17(15)20-11/h5-6,9-10H,2-4,7-8H2,1H3. The fourth-order valence-electron chi connectivity index (χ4n) is 3.00. The Labute approximate surface area is 133 Å². The van der Waals surface area contributed by atoms with E-state index in [-0.39, 0.29) is 0 Å². The number of ether oxygens (including phenoxy) is 1. The van der Waals surface area contributed by atoms with Gasteiger partial charge in [-0.1, -0.05) is 6.42 Å². The van der Waals surface area contributed by atoms with Gasteiger partial charge in [-0.15, -0.1) is 11.3 Å². The maximum atomic E-state index is 6.03. The molecule has 3 heterocycles. The number of rotatable bonds is 2. The van der Waals surface area contributed by atoms with Crippen molar-refractivity contribution < 1.29 is 4.74 Å². The molecule has 4 nitrogen and oxygen atoms in total. The molecule has 4 rings (SSSR count). The van der Waals surface area contributed by atoms with Crippen molar-refractivity contribution in [3.05, 3.63) is 40.8 Å². The molecule has 0 fully saturated rings. The van der Waals surface area contributed by atoms with E-state index in [1.807, 2.05) is 19.1 Å². The van der Waals surface area contributed by atoms with Gasteiger partial charge in [-0.3, -0.25) is 4.98 Å². The molecule has 0 spiro atoms. The Kier molecular flexibility index (Phi) is 3.50. The molecule has 0 amide bonds. The predicted octanol–water partition coefficient (Wildman–Crippen LogP) is 4.46. The average Bonchev–Trinajstić information content (AvgIpc) is 2.70. The van der Waals surface area contributed by atoms with E-state index in [1.165, 1.54) is 29.7 Å². The normalized spacial score (nSPS) is 14.6. The van der Waals surface area contributed by atoms with E-state index in [0.717, 1.165) is 34.6 Å². The number of fused-ring (bicyclic) bond motifs is 3. The zero-order chi connectivity index (χ0) is 14.9. The largest absolute Gasteiger partial charge is 0.437 e. The van der Waals surface area contributed by atoms with Gasteiger partial charge in [-0.25, -0.2) is 4.98 Å². The average molecular weight is 311 g/mol. The predicted molar refractivity (Wildman–Crippen MR) is 87.7 cm³/mol. The van der Waals surface area contributed by atoms with Gasteiger partial charge in [0.15, 0.2) is 0 Å². The van der Waals surface area contributed by atoms with Crippen LogP contribution in [0.4, 0.5) is 0 Å². The molecule has 3 aromatic rings. The second-order valence-corrected chi connectivity index (χ2v) is 6.69. The number of nitrogens with zero attached hydrogens (tertiary/aromatic N) is 3. The minimum atomic E-state index is 0.676. The summed E-state index contributed by atoms with van der Waals surface area (Å²) < 4.78 is 6.03. The molecule has 0 bridgehead atoms. The number of aromatic nitrogens is 3. The molecular weight excluding hydrogens is 294 g/mol. The highest BCUT2D eigenvalue weighted by Gasteiger charge is 2.20. The van der Waals surface area contributed by atoms with Gasteiger partial charge in [0.05, 0.1) is 11.6 Å². The molecule has 0 saturated heterocycles. The second kappa shape index (κ2) is 5.65. The van der Waals surface area contributed by atoms with E-state index in [2.05, 4.69) is 15.0 Å². The molecule has 5 heteroatoms. The van der Waals surface area contributed by atoms with Gasteiger partial charge in [-0.05, 0) is 50.3 Å². The summed E-state index contributed by atoms with van der Waals surface area (Å²) in [6.07, 6.45) is 9.52. The third-order valence-corrected chi connectivity index (χ3v) is 5.18. The molecule has 0 aromatic carbocycles. The summed E-state index contributed by atoms with van der Waals surface area (Å²) in [5, 5.41) is 1.11. The molecule has 0 N–H and O–H groups in total. The van der Waals surface area contributed by atoms with Crippen molar-refractivity contribution >= 4 is 21.6 Å². The van der Waals surface area contributed by atoms with Crippen molar-refractivity contribution in [2.75, 3.05) is 0 Å².